The van der Waals surface area contributed by atoms with Crippen LogP contribution in [-0.4, -0.2) is 39.3 Å². The van der Waals surface area contributed by atoms with E-state index >= 15 is 0 Å². The van der Waals surface area contributed by atoms with Gasteiger partial charge in [0.15, 0.2) is 5.58 Å². The smallest absolute Gasteiger partial charge is 0.234 e. The second-order valence-corrected chi connectivity index (χ2v) is 9.16. The molecule has 32 heavy (non-hydrogen) atoms. The molecule has 164 valence electrons. The summed E-state index contributed by atoms with van der Waals surface area (Å²) in [6, 6.07) is 9.22. The molecule has 0 spiro atoms. The van der Waals surface area contributed by atoms with Gasteiger partial charge in [-0.15, -0.1) is 0 Å². The summed E-state index contributed by atoms with van der Waals surface area (Å²) >= 11 is 1.30. The van der Waals surface area contributed by atoms with Crippen molar-refractivity contribution in [1.29, 1.82) is 0 Å². The van der Waals surface area contributed by atoms with Gasteiger partial charge in [-0.25, -0.2) is 15.0 Å². The minimum Gasteiger partial charge on any atom is -0.497 e. The van der Waals surface area contributed by atoms with Crippen molar-refractivity contribution in [2.45, 2.75) is 37.5 Å². The number of amides is 1. The van der Waals surface area contributed by atoms with E-state index in [2.05, 4.69) is 29.1 Å². The lowest BCUT2D eigenvalue weighted by Gasteiger charge is -2.30. The van der Waals surface area contributed by atoms with Gasteiger partial charge in [-0.3, -0.25) is 4.79 Å². The van der Waals surface area contributed by atoms with Crippen molar-refractivity contribution in [2.75, 3.05) is 18.2 Å². The zero-order valence-electron chi connectivity index (χ0n) is 18.0. The highest BCUT2D eigenvalue weighted by Crippen LogP contribution is 2.35. The van der Waals surface area contributed by atoms with Gasteiger partial charge >= 0.3 is 0 Å². The Morgan fingerprint density at radius 1 is 1.25 bits per heavy atom. The predicted octanol–water partition coefficient (Wildman–Crippen LogP) is 4.36. The van der Waals surface area contributed by atoms with Gasteiger partial charge in [0.2, 0.25) is 11.6 Å². The van der Waals surface area contributed by atoms with Crippen LogP contribution in [0.2, 0.25) is 0 Å². The van der Waals surface area contributed by atoms with Crippen LogP contribution >= 0.6 is 11.8 Å². The third kappa shape index (κ3) is 4.01. The van der Waals surface area contributed by atoms with E-state index in [0.29, 0.717) is 40.6 Å². The number of rotatable bonds is 5. The summed E-state index contributed by atoms with van der Waals surface area (Å²) in [6.45, 7) is 4.62. The number of thioether (sulfide) groups is 1. The van der Waals surface area contributed by atoms with Gasteiger partial charge < -0.3 is 19.2 Å². The van der Waals surface area contributed by atoms with Crippen LogP contribution in [0.4, 0.5) is 5.69 Å². The molecule has 1 amide bonds. The maximum Gasteiger partial charge on any atom is 0.234 e. The molecule has 1 aliphatic heterocycles. The highest BCUT2D eigenvalue weighted by atomic mass is 32.2. The molecule has 4 aromatic rings. The number of nitrogens with one attached hydrogen (secondary N) is 1. The van der Waals surface area contributed by atoms with Crippen molar-refractivity contribution in [3.8, 4) is 5.75 Å². The largest absolute Gasteiger partial charge is 0.497 e. The van der Waals surface area contributed by atoms with Crippen LogP contribution in [0.3, 0.4) is 0 Å². The van der Waals surface area contributed by atoms with Gasteiger partial charge in [0.25, 0.3) is 0 Å². The highest BCUT2D eigenvalue weighted by molar-refractivity contribution is 8.00. The Labute approximate surface area is 188 Å². The van der Waals surface area contributed by atoms with Gasteiger partial charge in [0, 0.05) is 17.7 Å². The van der Waals surface area contributed by atoms with Crippen LogP contribution in [0.1, 0.15) is 25.1 Å². The number of anilines is 1. The number of nitrogens with zero attached hydrogens (tertiary/aromatic N) is 3. The molecule has 1 N–H and O–H groups in total. The molecular weight excluding hydrogens is 428 g/mol. The molecule has 0 saturated heterocycles. The van der Waals surface area contributed by atoms with Gasteiger partial charge in [-0.1, -0.05) is 11.8 Å². The molecule has 3 aromatic heterocycles. The monoisotopic (exact) mass is 450 g/mol. The van der Waals surface area contributed by atoms with Crippen molar-refractivity contribution < 1.29 is 18.7 Å². The summed E-state index contributed by atoms with van der Waals surface area (Å²) in [7, 11) is 1.60. The zero-order chi connectivity index (χ0) is 22.3. The standard InChI is InChI=1S/C23H22N4O4S/c1-23(2)9-17-13(10-30-23)8-16-19-20(31-21(16)27-17)22(25-12-24-19)32-11-18(28)26-14-4-6-15(29-3)7-5-14/h4-8,12H,9-11H2,1-3H3,(H,26,28). The Morgan fingerprint density at radius 2 is 2.06 bits per heavy atom. The quantitative estimate of drug-likeness (QED) is 0.354. The third-order valence-electron chi connectivity index (χ3n) is 5.31. The summed E-state index contributed by atoms with van der Waals surface area (Å²) in [5.74, 6) is 0.772. The first-order valence-corrected chi connectivity index (χ1v) is 11.2. The fourth-order valence-corrected chi connectivity index (χ4v) is 4.40. The number of fused-ring (bicyclic) bond motifs is 4. The minimum absolute atomic E-state index is 0.143. The molecule has 0 bridgehead atoms. The Morgan fingerprint density at radius 3 is 2.84 bits per heavy atom. The summed E-state index contributed by atoms with van der Waals surface area (Å²) in [4.78, 5) is 25.9. The molecule has 0 unspecified atom stereocenters. The predicted molar refractivity (Wildman–Crippen MR) is 122 cm³/mol. The molecule has 8 nitrogen and oxygen atoms in total. The fourth-order valence-electron chi connectivity index (χ4n) is 3.67. The molecule has 1 aliphatic rings. The molecule has 9 heteroatoms. The summed E-state index contributed by atoms with van der Waals surface area (Å²) in [6.07, 6.45) is 2.20. The highest BCUT2D eigenvalue weighted by Gasteiger charge is 2.28. The number of methoxy groups -OCH3 is 1. The molecule has 0 radical (unpaired) electrons. The first kappa shape index (κ1) is 20.7. The summed E-state index contributed by atoms with van der Waals surface area (Å²) in [5.41, 5.74) is 4.24. The van der Waals surface area contributed by atoms with Crippen LogP contribution < -0.4 is 10.1 Å². The third-order valence-corrected chi connectivity index (χ3v) is 6.28. The minimum atomic E-state index is -0.252. The number of hydrogen-bond acceptors (Lipinski definition) is 8. The van der Waals surface area contributed by atoms with E-state index in [1.807, 2.05) is 6.07 Å². The van der Waals surface area contributed by atoms with E-state index in [0.717, 1.165) is 22.4 Å². The Bertz CT molecular complexity index is 1320. The molecule has 4 heterocycles. The average Bonchev–Trinajstić information content (AvgIpc) is 3.14. The topological polar surface area (TPSA) is 99.4 Å². The van der Waals surface area contributed by atoms with E-state index in [1.165, 1.54) is 18.1 Å². The lowest BCUT2D eigenvalue weighted by Crippen LogP contribution is -2.32. The SMILES string of the molecule is COc1ccc(NC(=O)CSc2ncnc3c2oc2nc4c(cc23)COC(C)(C)C4)cc1. The molecular formula is C23H22N4O4S. The number of carbonyl (C=O) groups excluding carboxylic acids is 1. The second kappa shape index (κ2) is 8.07. The molecule has 0 saturated carbocycles. The van der Waals surface area contributed by atoms with E-state index in [4.69, 9.17) is 18.9 Å². The zero-order valence-corrected chi connectivity index (χ0v) is 18.8. The average molecular weight is 451 g/mol. The first-order chi connectivity index (χ1) is 15.4. The summed E-state index contributed by atoms with van der Waals surface area (Å²) in [5, 5.41) is 4.30. The Kier molecular flexibility index (Phi) is 5.22. The maximum absolute atomic E-state index is 12.4. The lowest BCUT2D eigenvalue weighted by molar-refractivity contribution is -0.113. The lowest BCUT2D eigenvalue weighted by atomic mass is 9.95. The van der Waals surface area contributed by atoms with Crippen molar-refractivity contribution in [3.63, 3.8) is 0 Å². The van der Waals surface area contributed by atoms with Crippen LogP contribution in [-0.2, 0) is 22.6 Å². The number of hydrogen-bond donors (Lipinski definition) is 1. The number of aromatic nitrogens is 3. The van der Waals surface area contributed by atoms with Crippen LogP contribution in [0.5, 0.6) is 5.75 Å². The van der Waals surface area contributed by atoms with Crippen molar-refractivity contribution in [3.05, 3.63) is 47.9 Å². The number of furan rings is 1. The molecule has 0 fully saturated rings. The van der Waals surface area contributed by atoms with Gasteiger partial charge in [-0.05, 0) is 44.2 Å². The second-order valence-electron chi connectivity index (χ2n) is 8.20. The van der Waals surface area contributed by atoms with E-state index in [1.54, 1.807) is 31.4 Å². The molecule has 1 aromatic carbocycles. The maximum atomic E-state index is 12.4. The Balaban J connectivity index is 1.37. The number of benzene rings is 1. The van der Waals surface area contributed by atoms with E-state index in [9.17, 15) is 4.79 Å². The van der Waals surface area contributed by atoms with E-state index < -0.39 is 0 Å². The normalized spacial score (nSPS) is 15.0. The number of ether oxygens (including phenoxy) is 2. The van der Waals surface area contributed by atoms with Crippen LogP contribution in [0.25, 0.3) is 22.2 Å². The molecule has 5 rings (SSSR count). The first-order valence-electron chi connectivity index (χ1n) is 10.2. The van der Waals surface area contributed by atoms with Gasteiger partial charge in [0.05, 0.1) is 36.2 Å². The van der Waals surface area contributed by atoms with Gasteiger partial charge in [0.1, 0.15) is 22.6 Å². The van der Waals surface area contributed by atoms with Gasteiger partial charge in [-0.2, -0.15) is 0 Å². The Hall–Kier alpha value is -3.17. The number of pyridine rings is 1. The molecule has 0 atom stereocenters. The van der Waals surface area contributed by atoms with Crippen LogP contribution in [0, 0.1) is 0 Å². The van der Waals surface area contributed by atoms with Crippen LogP contribution in [0.15, 0.2) is 46.1 Å². The van der Waals surface area contributed by atoms with E-state index in [-0.39, 0.29) is 17.3 Å². The summed E-state index contributed by atoms with van der Waals surface area (Å²) < 4.78 is 17.1. The number of carbonyl (C=O) groups is 1. The van der Waals surface area contributed by atoms with Crippen molar-refractivity contribution >= 4 is 45.6 Å². The van der Waals surface area contributed by atoms with Crippen molar-refractivity contribution in [2.24, 2.45) is 0 Å². The molecule has 0 aliphatic carbocycles. The van der Waals surface area contributed by atoms with Crippen molar-refractivity contribution in [1.82, 2.24) is 15.0 Å². The fraction of sp³-hybridized carbons (Fsp3) is 0.304.